The molecule has 0 bridgehead atoms. The predicted molar refractivity (Wildman–Crippen MR) is 114 cm³/mol. The first-order valence-electron chi connectivity index (χ1n) is 9.56. The fourth-order valence-electron chi connectivity index (χ4n) is 2.99. The zero-order valence-corrected chi connectivity index (χ0v) is 17.4. The van der Waals surface area contributed by atoms with Gasteiger partial charge in [-0.1, -0.05) is 24.8 Å². The largest absolute Gasteiger partial charge is 0.494 e. The van der Waals surface area contributed by atoms with Crippen LogP contribution in [-0.2, 0) is 22.6 Å². The second kappa shape index (κ2) is 8.43. The minimum Gasteiger partial charge on any atom is -0.494 e. The summed E-state index contributed by atoms with van der Waals surface area (Å²) in [6, 6.07) is 14.1. The van der Waals surface area contributed by atoms with Gasteiger partial charge in [0, 0.05) is 17.5 Å². The van der Waals surface area contributed by atoms with E-state index in [2.05, 4.69) is 24.0 Å². The Kier molecular flexibility index (Phi) is 5.97. The topological polar surface area (TPSA) is 60.7 Å². The average molecular weight is 393 g/mol. The molecule has 0 atom stereocenters. The van der Waals surface area contributed by atoms with Gasteiger partial charge in [0.05, 0.1) is 12.0 Å². The highest BCUT2D eigenvalue weighted by molar-refractivity contribution is 5.93. The first-order valence-corrected chi connectivity index (χ1v) is 9.56. The van der Waals surface area contributed by atoms with Gasteiger partial charge in [-0.25, -0.2) is 4.79 Å². The molecule has 1 aromatic heterocycles. The molecule has 0 fully saturated rings. The molecule has 3 aromatic rings. The van der Waals surface area contributed by atoms with Crippen molar-refractivity contribution in [3.63, 3.8) is 0 Å². The third-order valence-electron chi connectivity index (χ3n) is 4.17. The fraction of sp³-hybridized carbons (Fsp3) is 0.292. The zero-order chi connectivity index (χ0) is 21.0. The maximum absolute atomic E-state index is 11.9. The lowest BCUT2D eigenvalue weighted by molar-refractivity contribution is 0.0523. The minimum absolute atomic E-state index is 0.377. The molecule has 1 N–H and O–H groups in total. The molecule has 0 unspecified atom stereocenters. The molecule has 1 heterocycles. The van der Waals surface area contributed by atoms with Crippen molar-refractivity contribution in [1.82, 2.24) is 5.32 Å². The average Bonchev–Trinajstić information content (AvgIpc) is 3.11. The molecule has 0 saturated heterocycles. The normalized spacial score (nSPS) is 11.3. The Morgan fingerprint density at radius 3 is 2.66 bits per heavy atom. The van der Waals surface area contributed by atoms with Gasteiger partial charge in [-0.2, -0.15) is 0 Å². The van der Waals surface area contributed by atoms with Crippen LogP contribution in [0.5, 0.6) is 0 Å². The van der Waals surface area contributed by atoms with Crippen molar-refractivity contribution in [2.45, 2.75) is 46.4 Å². The van der Waals surface area contributed by atoms with E-state index in [1.807, 2.05) is 58.0 Å². The lowest BCUT2D eigenvalue weighted by Gasteiger charge is -2.19. The van der Waals surface area contributed by atoms with E-state index in [9.17, 15) is 4.79 Å². The number of benzene rings is 2. The molecule has 29 heavy (non-hydrogen) atoms. The number of carbonyl (C=O) groups excluding carboxylic acids is 1. The number of allylic oxidation sites excluding steroid dienone is 1. The molecule has 5 nitrogen and oxygen atoms in total. The number of nitrogens with one attached hydrogen (secondary N) is 1. The van der Waals surface area contributed by atoms with Gasteiger partial charge in [0.1, 0.15) is 17.8 Å². The van der Waals surface area contributed by atoms with Crippen LogP contribution in [0.1, 0.15) is 38.8 Å². The molecule has 2 aromatic carbocycles. The van der Waals surface area contributed by atoms with E-state index in [4.69, 9.17) is 13.9 Å². The van der Waals surface area contributed by atoms with E-state index >= 15 is 0 Å². The van der Waals surface area contributed by atoms with Crippen molar-refractivity contribution in [1.29, 1.82) is 0 Å². The number of ether oxygens (including phenoxy) is 2. The number of fused-ring (bicyclic) bond motifs is 1. The molecule has 0 aliphatic carbocycles. The van der Waals surface area contributed by atoms with Crippen LogP contribution in [0.25, 0.3) is 22.1 Å². The van der Waals surface area contributed by atoms with Crippen LogP contribution in [0.3, 0.4) is 0 Å². The monoisotopic (exact) mass is 393 g/mol. The molecule has 1 amide bonds. The molecule has 152 valence electrons. The molecule has 3 rings (SSSR count). The molecular weight excluding hydrogens is 366 g/mol. The predicted octanol–water partition coefficient (Wildman–Crippen LogP) is 6.17. The van der Waals surface area contributed by atoms with Crippen molar-refractivity contribution in [2.24, 2.45) is 0 Å². The summed E-state index contributed by atoms with van der Waals surface area (Å²) < 4.78 is 16.6. The summed E-state index contributed by atoms with van der Waals surface area (Å²) in [6.45, 7) is 12.0. The Hall–Kier alpha value is -3.21. The smallest absolute Gasteiger partial charge is 0.407 e. The fourth-order valence-corrected chi connectivity index (χ4v) is 2.99. The van der Waals surface area contributed by atoms with E-state index in [-0.39, 0.29) is 0 Å². The third-order valence-corrected chi connectivity index (χ3v) is 4.17. The van der Waals surface area contributed by atoms with Gasteiger partial charge in [0.15, 0.2) is 0 Å². The molecule has 0 saturated carbocycles. The summed E-state index contributed by atoms with van der Waals surface area (Å²) in [7, 11) is 0. The summed E-state index contributed by atoms with van der Waals surface area (Å²) in [6.07, 6.45) is 1.25. The first kappa shape index (κ1) is 20.5. The Morgan fingerprint density at radius 2 is 1.93 bits per heavy atom. The van der Waals surface area contributed by atoms with Crippen molar-refractivity contribution in [2.75, 3.05) is 0 Å². The van der Waals surface area contributed by atoms with Crippen LogP contribution in [0.4, 0.5) is 4.79 Å². The summed E-state index contributed by atoms with van der Waals surface area (Å²) in [4.78, 5) is 11.9. The van der Waals surface area contributed by atoms with E-state index in [1.54, 1.807) is 6.26 Å². The van der Waals surface area contributed by atoms with Crippen molar-refractivity contribution < 1.29 is 18.7 Å². The lowest BCUT2D eigenvalue weighted by Crippen LogP contribution is -2.32. The zero-order valence-electron chi connectivity index (χ0n) is 17.4. The van der Waals surface area contributed by atoms with E-state index in [1.165, 1.54) is 0 Å². The Morgan fingerprint density at radius 1 is 1.14 bits per heavy atom. The highest BCUT2D eigenvalue weighted by Gasteiger charge is 2.16. The van der Waals surface area contributed by atoms with E-state index < -0.39 is 11.7 Å². The summed E-state index contributed by atoms with van der Waals surface area (Å²) in [5, 5.41) is 3.81. The number of carbonyl (C=O) groups is 1. The maximum Gasteiger partial charge on any atom is 0.407 e. The van der Waals surface area contributed by atoms with Gasteiger partial charge in [-0.15, -0.1) is 0 Å². The SMILES string of the molecule is C=C(C)OCc1cc(-c2cccc(CNC(=O)OC(C)(C)C)c2)c2occc2c1. The van der Waals surface area contributed by atoms with Crippen LogP contribution in [0, 0.1) is 0 Å². The minimum atomic E-state index is -0.525. The molecule has 5 heteroatoms. The Bertz CT molecular complexity index is 1030. The first-order chi connectivity index (χ1) is 13.7. The van der Waals surface area contributed by atoms with Crippen LogP contribution < -0.4 is 5.32 Å². The highest BCUT2D eigenvalue weighted by Crippen LogP contribution is 2.32. The number of alkyl carbamates (subject to hydrolysis) is 1. The van der Waals surface area contributed by atoms with Crippen LogP contribution in [-0.4, -0.2) is 11.7 Å². The van der Waals surface area contributed by atoms with Gasteiger partial charge in [-0.05, 0) is 68.7 Å². The van der Waals surface area contributed by atoms with Crippen molar-refractivity contribution in [3.05, 3.63) is 72.2 Å². The van der Waals surface area contributed by atoms with E-state index in [0.29, 0.717) is 18.9 Å². The number of rotatable bonds is 6. The van der Waals surface area contributed by atoms with Gasteiger partial charge in [0.2, 0.25) is 0 Å². The molecule has 0 spiro atoms. The van der Waals surface area contributed by atoms with Crippen LogP contribution in [0.2, 0.25) is 0 Å². The number of hydrogen-bond acceptors (Lipinski definition) is 4. The van der Waals surface area contributed by atoms with Gasteiger partial charge in [-0.3, -0.25) is 0 Å². The quantitative estimate of drug-likeness (QED) is 0.508. The third kappa shape index (κ3) is 5.64. The van der Waals surface area contributed by atoms with Gasteiger partial charge < -0.3 is 19.2 Å². The van der Waals surface area contributed by atoms with E-state index in [0.717, 1.165) is 33.2 Å². The molecule has 0 aliphatic heterocycles. The summed E-state index contributed by atoms with van der Waals surface area (Å²) >= 11 is 0. The lowest BCUT2D eigenvalue weighted by atomic mass is 9.99. The number of amides is 1. The van der Waals surface area contributed by atoms with Gasteiger partial charge in [0.25, 0.3) is 0 Å². The van der Waals surface area contributed by atoms with Crippen LogP contribution >= 0.6 is 0 Å². The summed E-state index contributed by atoms with van der Waals surface area (Å²) in [5.41, 5.74) is 4.29. The van der Waals surface area contributed by atoms with Crippen molar-refractivity contribution >= 4 is 17.1 Å². The second-order valence-corrected chi connectivity index (χ2v) is 8.03. The maximum atomic E-state index is 11.9. The Labute approximate surface area is 171 Å². The molecule has 0 radical (unpaired) electrons. The molecule has 0 aliphatic rings. The van der Waals surface area contributed by atoms with Gasteiger partial charge >= 0.3 is 6.09 Å². The standard InChI is InChI=1S/C24H27NO4/c1-16(2)28-15-18-12-20-9-10-27-22(20)21(13-18)19-8-6-7-17(11-19)14-25-23(26)29-24(3,4)5/h6-13H,1,14-15H2,2-5H3,(H,25,26). The Balaban J connectivity index is 1.84. The van der Waals surface area contributed by atoms with Crippen molar-refractivity contribution in [3.8, 4) is 11.1 Å². The summed E-state index contributed by atoms with van der Waals surface area (Å²) in [5.74, 6) is 0.675. The number of hydrogen-bond donors (Lipinski definition) is 1. The second-order valence-electron chi connectivity index (χ2n) is 8.03. The highest BCUT2D eigenvalue weighted by atomic mass is 16.6. The molecular formula is C24H27NO4. The number of furan rings is 1. The van der Waals surface area contributed by atoms with Crippen LogP contribution in [0.15, 0.2) is 65.5 Å².